The average Bonchev–Trinajstić information content (AvgIpc) is 3.36. The maximum absolute atomic E-state index is 14.2. The molecule has 292 valence electrons. The summed E-state index contributed by atoms with van der Waals surface area (Å²) in [5.41, 5.74) is 0.717. The summed E-state index contributed by atoms with van der Waals surface area (Å²) in [6.07, 6.45) is 3.82. The summed E-state index contributed by atoms with van der Waals surface area (Å²) in [7, 11) is -2.25. The molecule has 1 saturated heterocycles. The Morgan fingerprint density at radius 2 is 1.64 bits per heavy atom. The minimum absolute atomic E-state index is 0.0166. The number of alkyl halides is 1. The Balaban J connectivity index is 1.68. The number of furan rings is 1. The Kier molecular flexibility index (Phi) is 12.5. The van der Waals surface area contributed by atoms with Gasteiger partial charge in [0.05, 0.1) is 36.4 Å². The molecule has 3 aromatic rings. The van der Waals surface area contributed by atoms with Gasteiger partial charge in [-0.15, -0.1) is 0 Å². The van der Waals surface area contributed by atoms with E-state index in [1.807, 2.05) is 20.8 Å². The number of nitrogens with one attached hydrogen (secondary N) is 3. The summed E-state index contributed by atoms with van der Waals surface area (Å²) in [5, 5.41) is 8.56. The zero-order valence-corrected chi connectivity index (χ0v) is 34.2. The van der Waals surface area contributed by atoms with Crippen LogP contribution in [0.15, 0.2) is 35.1 Å². The number of alkyl carbamates (subject to hydrolysis) is 1. The first-order chi connectivity index (χ1) is 24.5. The number of anilines is 3. The maximum atomic E-state index is 14.2. The molecule has 3 atom stereocenters. The zero-order valence-electron chi connectivity index (χ0n) is 33.2. The van der Waals surface area contributed by atoms with E-state index in [2.05, 4.69) is 71.6 Å². The molecule has 0 aliphatic carbocycles. The van der Waals surface area contributed by atoms with Crippen LogP contribution in [-0.2, 0) is 20.3 Å². The van der Waals surface area contributed by atoms with Gasteiger partial charge in [0.1, 0.15) is 22.3 Å². The third kappa shape index (κ3) is 10.9. The number of carbonyl (C=O) groups excluding carboxylic acids is 3. The van der Waals surface area contributed by atoms with Gasteiger partial charge >= 0.3 is 12.2 Å². The number of piperidine rings is 1. The van der Waals surface area contributed by atoms with Crippen molar-refractivity contribution < 1.29 is 37.1 Å². The van der Waals surface area contributed by atoms with Gasteiger partial charge in [-0.05, 0) is 90.2 Å². The van der Waals surface area contributed by atoms with Gasteiger partial charge in [0.25, 0.3) is 5.91 Å². The highest BCUT2D eigenvalue weighted by atomic mass is 28.4. The average molecular weight is 757 g/mol. The SMILES string of the molecule is C[C@H]1CN(c2ccncc2NC(=O)c2c(NC(=O)OC(C)(C)C)oc3cc(CCCF)cnc23)CC(NC(=O)OC(C)(C)C)[C@@H]1O[Si](C)(C)C(C)(C)C. The van der Waals surface area contributed by atoms with Crippen molar-refractivity contribution in [1.82, 2.24) is 15.3 Å². The lowest BCUT2D eigenvalue weighted by Gasteiger charge is -2.48. The van der Waals surface area contributed by atoms with Gasteiger partial charge in [0.15, 0.2) is 13.9 Å². The summed E-state index contributed by atoms with van der Waals surface area (Å²) >= 11 is 0. The molecule has 15 heteroatoms. The van der Waals surface area contributed by atoms with Gasteiger partial charge in [-0.3, -0.25) is 24.5 Å². The van der Waals surface area contributed by atoms with Gasteiger partial charge in [0.2, 0.25) is 5.88 Å². The van der Waals surface area contributed by atoms with Crippen LogP contribution in [0.2, 0.25) is 18.1 Å². The number of hydrogen-bond donors (Lipinski definition) is 3. The van der Waals surface area contributed by atoms with Crippen molar-refractivity contribution in [3.8, 4) is 0 Å². The van der Waals surface area contributed by atoms with Crippen molar-refractivity contribution in [2.45, 2.75) is 124 Å². The van der Waals surface area contributed by atoms with E-state index in [1.54, 1.807) is 45.3 Å². The van der Waals surface area contributed by atoms with Gasteiger partial charge < -0.3 is 33.9 Å². The fourth-order valence-electron chi connectivity index (χ4n) is 5.83. The van der Waals surface area contributed by atoms with E-state index in [1.165, 1.54) is 6.20 Å². The highest BCUT2D eigenvalue weighted by Gasteiger charge is 2.45. The summed E-state index contributed by atoms with van der Waals surface area (Å²) in [4.78, 5) is 51.0. The molecule has 4 heterocycles. The van der Waals surface area contributed by atoms with Crippen molar-refractivity contribution in [3.05, 3.63) is 41.9 Å². The van der Waals surface area contributed by atoms with Crippen LogP contribution >= 0.6 is 0 Å². The summed E-state index contributed by atoms with van der Waals surface area (Å²) < 4.78 is 36.9. The minimum atomic E-state index is -2.25. The predicted molar refractivity (Wildman–Crippen MR) is 207 cm³/mol. The van der Waals surface area contributed by atoms with Crippen molar-refractivity contribution >= 4 is 54.8 Å². The van der Waals surface area contributed by atoms with Crippen molar-refractivity contribution in [3.63, 3.8) is 0 Å². The number of carbonyl (C=O) groups is 3. The maximum Gasteiger partial charge on any atom is 0.414 e. The second-order valence-electron chi connectivity index (χ2n) is 17.2. The Bertz CT molecular complexity index is 1780. The van der Waals surface area contributed by atoms with Crippen LogP contribution in [0.25, 0.3) is 11.1 Å². The Morgan fingerprint density at radius 3 is 2.26 bits per heavy atom. The lowest BCUT2D eigenvalue weighted by Crippen LogP contribution is -2.63. The molecular formula is C38H57FN6O7Si. The van der Waals surface area contributed by atoms with Crippen molar-refractivity contribution in [2.24, 2.45) is 5.92 Å². The number of ether oxygens (including phenoxy) is 2. The molecule has 0 aromatic carbocycles. The van der Waals surface area contributed by atoms with Gasteiger partial charge in [0, 0.05) is 31.4 Å². The fourth-order valence-corrected chi connectivity index (χ4v) is 7.26. The number of pyridine rings is 2. The number of fused-ring (bicyclic) bond motifs is 1. The molecule has 1 aliphatic rings. The second kappa shape index (κ2) is 16.0. The van der Waals surface area contributed by atoms with E-state index >= 15 is 0 Å². The van der Waals surface area contributed by atoms with Crippen LogP contribution in [0.4, 0.5) is 31.2 Å². The van der Waals surface area contributed by atoms with Gasteiger partial charge in [-0.2, -0.15) is 0 Å². The highest BCUT2D eigenvalue weighted by Crippen LogP contribution is 2.40. The van der Waals surface area contributed by atoms with Gasteiger partial charge in [-0.25, -0.2) is 9.59 Å². The molecule has 53 heavy (non-hydrogen) atoms. The number of amides is 3. The Labute approximate surface area is 313 Å². The Morgan fingerprint density at radius 1 is 0.981 bits per heavy atom. The molecule has 0 saturated carbocycles. The van der Waals surface area contributed by atoms with Crippen LogP contribution in [-0.4, -0.2) is 79.5 Å². The summed E-state index contributed by atoms with van der Waals surface area (Å²) in [6, 6.07) is 3.03. The Hall–Kier alpha value is -4.24. The van der Waals surface area contributed by atoms with Crippen LogP contribution in [0.5, 0.6) is 0 Å². The molecule has 13 nitrogen and oxygen atoms in total. The summed E-state index contributed by atoms with van der Waals surface area (Å²) in [5.74, 6) is -0.792. The van der Waals surface area contributed by atoms with E-state index in [4.69, 9.17) is 18.3 Å². The first-order valence-corrected chi connectivity index (χ1v) is 21.0. The topological polar surface area (TPSA) is 157 Å². The zero-order chi connectivity index (χ0) is 39.5. The number of hydrogen-bond acceptors (Lipinski definition) is 10. The number of halogens is 1. The van der Waals surface area contributed by atoms with E-state index < -0.39 is 50.3 Å². The first kappa shape index (κ1) is 41.5. The quantitative estimate of drug-likeness (QED) is 0.172. The van der Waals surface area contributed by atoms with Crippen molar-refractivity contribution in [1.29, 1.82) is 0 Å². The molecule has 0 bridgehead atoms. The largest absolute Gasteiger partial charge is 0.444 e. The lowest BCUT2D eigenvalue weighted by atomic mass is 9.92. The third-order valence-electron chi connectivity index (χ3n) is 9.23. The van der Waals surface area contributed by atoms with E-state index in [0.29, 0.717) is 37.3 Å². The molecule has 1 unspecified atom stereocenters. The standard InChI is InChI=1S/C38H57FN6O7Si/c1-23-21-45(22-26(43-34(47)50-36(2,3)4)31(23)52-53(11,12)38(8,9)10)27-15-17-40-20-25(27)42-32(46)29-30-28(18-24(19-41-30)14-13-16-39)49-33(29)44-35(48)51-37(5,6)7/h15,17-20,23,26,31H,13-14,16,21-22H2,1-12H3,(H,42,46)(H,43,47)(H,44,48)/t23-,26?,31+/m0/s1. The molecule has 1 aliphatic heterocycles. The molecule has 3 aromatic heterocycles. The van der Waals surface area contributed by atoms with Crippen molar-refractivity contribution in [2.75, 3.05) is 35.3 Å². The van der Waals surface area contributed by atoms with E-state index in [9.17, 15) is 18.8 Å². The number of nitrogens with zero attached hydrogens (tertiary/aromatic N) is 3. The minimum Gasteiger partial charge on any atom is -0.444 e. The van der Waals surface area contributed by atoms with Crippen LogP contribution in [0.3, 0.4) is 0 Å². The van der Waals surface area contributed by atoms with Crippen LogP contribution in [0, 0.1) is 5.92 Å². The normalized spacial score (nSPS) is 18.4. The number of aryl methyl sites for hydroxylation is 1. The second-order valence-corrected chi connectivity index (χ2v) is 22.0. The molecular weight excluding hydrogens is 700 g/mol. The summed E-state index contributed by atoms with van der Waals surface area (Å²) in [6.45, 7) is 24.1. The molecule has 0 radical (unpaired) electrons. The molecule has 3 amide bonds. The molecule has 0 spiro atoms. The van der Waals surface area contributed by atoms with Gasteiger partial charge in [-0.1, -0.05) is 27.7 Å². The predicted octanol–water partition coefficient (Wildman–Crippen LogP) is 8.46. The molecule has 1 fully saturated rings. The molecule has 4 rings (SSSR count). The number of aromatic nitrogens is 2. The number of rotatable bonds is 10. The lowest BCUT2D eigenvalue weighted by molar-refractivity contribution is 0.0336. The van der Waals surface area contributed by atoms with E-state index in [-0.39, 0.29) is 39.6 Å². The van der Waals surface area contributed by atoms with Crippen LogP contribution < -0.4 is 20.9 Å². The highest BCUT2D eigenvalue weighted by molar-refractivity contribution is 6.74. The van der Waals surface area contributed by atoms with Crippen LogP contribution in [0.1, 0.15) is 91.6 Å². The fraction of sp³-hybridized carbons (Fsp3) is 0.605. The van der Waals surface area contributed by atoms with E-state index in [0.717, 1.165) is 5.56 Å². The third-order valence-corrected chi connectivity index (χ3v) is 13.7. The monoisotopic (exact) mass is 756 g/mol. The first-order valence-electron chi connectivity index (χ1n) is 18.1. The smallest absolute Gasteiger partial charge is 0.414 e. The molecule has 3 N–H and O–H groups in total.